The van der Waals surface area contributed by atoms with E-state index in [9.17, 15) is 24.1 Å². The van der Waals surface area contributed by atoms with Crippen molar-refractivity contribution in [3.05, 3.63) is 69.5 Å². The second-order valence-electron chi connectivity index (χ2n) is 4.02. The van der Waals surface area contributed by atoms with Gasteiger partial charge < -0.3 is 5.32 Å². The Hall–Kier alpha value is -3.09. The highest BCUT2D eigenvalue weighted by Gasteiger charge is 2.20. The van der Waals surface area contributed by atoms with Crippen LogP contribution >= 0.6 is 0 Å². The van der Waals surface area contributed by atoms with Crippen LogP contribution in [0.3, 0.4) is 0 Å². The molecule has 0 aliphatic carbocycles. The molecule has 0 heterocycles. The zero-order valence-corrected chi connectivity index (χ0v) is 10.5. The maximum Gasteiger partial charge on any atom is 0.314 e. The second kappa shape index (κ2) is 5.91. The molecular formula is C14H8FN2O4. The number of nitro groups is 1. The molecule has 0 bridgehead atoms. The number of benzene rings is 2. The SMILES string of the molecule is O=[C]Nc1ccc([N+](=O)[O-])cc1C(=O)c1ccccc1F. The van der Waals surface area contributed by atoms with Gasteiger partial charge in [-0.1, -0.05) is 12.1 Å². The highest BCUT2D eigenvalue weighted by molar-refractivity contribution is 6.13. The van der Waals surface area contributed by atoms with Crippen molar-refractivity contribution in [1.82, 2.24) is 0 Å². The third kappa shape index (κ3) is 2.92. The van der Waals surface area contributed by atoms with E-state index in [-0.39, 0.29) is 22.5 Å². The minimum Gasteiger partial charge on any atom is -0.317 e. The lowest BCUT2D eigenvalue weighted by molar-refractivity contribution is -0.384. The molecule has 2 rings (SSSR count). The summed E-state index contributed by atoms with van der Waals surface area (Å²) >= 11 is 0. The number of carbonyl (C=O) groups is 1. The quantitative estimate of drug-likeness (QED) is 0.396. The summed E-state index contributed by atoms with van der Waals surface area (Å²) in [6.07, 6.45) is 1.38. The van der Waals surface area contributed by atoms with Gasteiger partial charge in [0, 0.05) is 12.1 Å². The fourth-order valence-corrected chi connectivity index (χ4v) is 1.79. The molecule has 0 aliphatic heterocycles. The van der Waals surface area contributed by atoms with Crippen LogP contribution < -0.4 is 5.32 Å². The lowest BCUT2D eigenvalue weighted by Crippen LogP contribution is -2.09. The Morgan fingerprint density at radius 1 is 1.19 bits per heavy atom. The van der Waals surface area contributed by atoms with Gasteiger partial charge in [-0.15, -0.1) is 0 Å². The molecule has 21 heavy (non-hydrogen) atoms. The van der Waals surface area contributed by atoms with Crippen molar-refractivity contribution in [2.45, 2.75) is 0 Å². The minimum absolute atomic E-state index is 0.0175. The lowest BCUT2D eigenvalue weighted by atomic mass is 10.0. The summed E-state index contributed by atoms with van der Waals surface area (Å²) in [4.78, 5) is 32.8. The smallest absolute Gasteiger partial charge is 0.314 e. The average molecular weight is 287 g/mol. The molecule has 0 spiro atoms. The number of amides is 1. The number of halogens is 1. The first-order valence-electron chi connectivity index (χ1n) is 5.75. The summed E-state index contributed by atoms with van der Waals surface area (Å²) in [6, 6.07) is 8.53. The van der Waals surface area contributed by atoms with Crippen LogP contribution in [0.5, 0.6) is 0 Å². The molecular weight excluding hydrogens is 279 g/mol. The Kier molecular flexibility index (Phi) is 4.03. The van der Waals surface area contributed by atoms with E-state index in [0.717, 1.165) is 18.2 Å². The molecule has 2 aromatic carbocycles. The lowest BCUT2D eigenvalue weighted by Gasteiger charge is -2.07. The van der Waals surface area contributed by atoms with Crippen LogP contribution in [0.2, 0.25) is 0 Å². The van der Waals surface area contributed by atoms with Gasteiger partial charge in [0.15, 0.2) is 5.78 Å². The van der Waals surface area contributed by atoms with Crippen LogP contribution in [0.1, 0.15) is 15.9 Å². The van der Waals surface area contributed by atoms with Crippen molar-refractivity contribution < 1.29 is 18.9 Å². The molecule has 0 saturated carbocycles. The van der Waals surface area contributed by atoms with Crippen molar-refractivity contribution in [2.75, 3.05) is 5.32 Å². The molecule has 0 unspecified atom stereocenters. The maximum absolute atomic E-state index is 13.6. The number of hydrogen-bond acceptors (Lipinski definition) is 4. The van der Waals surface area contributed by atoms with Gasteiger partial charge in [-0.3, -0.25) is 19.7 Å². The van der Waals surface area contributed by atoms with Gasteiger partial charge in [0.2, 0.25) is 0 Å². The summed E-state index contributed by atoms with van der Waals surface area (Å²) < 4.78 is 13.6. The Balaban J connectivity index is 2.57. The number of hydrogen-bond donors (Lipinski definition) is 1. The predicted octanol–water partition coefficient (Wildman–Crippen LogP) is 2.44. The van der Waals surface area contributed by atoms with Crippen LogP contribution in [0, 0.1) is 15.9 Å². The molecule has 6 nitrogen and oxygen atoms in total. The van der Waals surface area contributed by atoms with Crippen LogP contribution in [0.25, 0.3) is 0 Å². The van der Waals surface area contributed by atoms with Gasteiger partial charge >= 0.3 is 6.41 Å². The van der Waals surface area contributed by atoms with Crippen LogP contribution in [-0.4, -0.2) is 17.1 Å². The Bertz CT molecular complexity index is 731. The number of non-ortho nitro benzene ring substituents is 1. The van der Waals surface area contributed by atoms with E-state index in [1.165, 1.54) is 30.7 Å². The van der Waals surface area contributed by atoms with Gasteiger partial charge in [-0.05, 0) is 18.2 Å². The van der Waals surface area contributed by atoms with Crippen molar-refractivity contribution in [2.24, 2.45) is 0 Å². The number of nitro benzene ring substituents is 1. The molecule has 0 atom stereocenters. The van der Waals surface area contributed by atoms with Crippen LogP contribution in [-0.2, 0) is 4.79 Å². The molecule has 105 valence electrons. The topological polar surface area (TPSA) is 89.3 Å². The van der Waals surface area contributed by atoms with E-state index < -0.39 is 16.5 Å². The molecule has 0 fully saturated rings. The molecule has 0 aliphatic rings. The minimum atomic E-state index is -0.769. The van der Waals surface area contributed by atoms with Gasteiger partial charge in [-0.2, -0.15) is 0 Å². The predicted molar refractivity (Wildman–Crippen MR) is 72.2 cm³/mol. The summed E-state index contributed by atoms with van der Waals surface area (Å²) in [6.45, 7) is 0. The fraction of sp³-hybridized carbons (Fsp3) is 0. The Morgan fingerprint density at radius 2 is 1.90 bits per heavy atom. The van der Waals surface area contributed by atoms with Crippen molar-refractivity contribution in [1.29, 1.82) is 0 Å². The van der Waals surface area contributed by atoms with E-state index >= 15 is 0 Å². The third-order valence-corrected chi connectivity index (χ3v) is 2.76. The molecule has 2 aromatic rings. The van der Waals surface area contributed by atoms with E-state index in [1.807, 2.05) is 0 Å². The van der Waals surface area contributed by atoms with Crippen molar-refractivity contribution in [3.8, 4) is 0 Å². The Labute approximate surface area is 118 Å². The standard InChI is InChI=1S/C14H8FN2O4/c15-12-4-2-1-3-10(12)14(19)11-7-9(17(20)21)5-6-13(11)16-8-18/h1-7H,(H,16,18). The third-order valence-electron chi connectivity index (χ3n) is 2.76. The average Bonchev–Trinajstić information content (AvgIpc) is 2.47. The number of rotatable bonds is 5. The first kappa shape index (κ1) is 14.3. The highest BCUT2D eigenvalue weighted by atomic mass is 19.1. The number of anilines is 1. The largest absolute Gasteiger partial charge is 0.317 e. The fourth-order valence-electron chi connectivity index (χ4n) is 1.79. The first-order chi connectivity index (χ1) is 10.0. The zero-order chi connectivity index (χ0) is 15.4. The highest BCUT2D eigenvalue weighted by Crippen LogP contribution is 2.25. The van der Waals surface area contributed by atoms with Gasteiger partial charge in [0.1, 0.15) is 5.82 Å². The monoisotopic (exact) mass is 287 g/mol. The number of nitrogens with zero attached hydrogens (tertiary/aromatic N) is 1. The number of nitrogens with one attached hydrogen (secondary N) is 1. The maximum atomic E-state index is 13.6. The number of ketones is 1. The van der Waals surface area contributed by atoms with E-state index in [0.29, 0.717) is 0 Å². The Morgan fingerprint density at radius 3 is 2.52 bits per heavy atom. The van der Waals surface area contributed by atoms with Crippen molar-refractivity contribution in [3.63, 3.8) is 0 Å². The summed E-state index contributed by atoms with van der Waals surface area (Å²) in [5.74, 6) is -1.52. The van der Waals surface area contributed by atoms with Gasteiger partial charge in [-0.25, -0.2) is 4.39 Å². The normalized spacial score (nSPS) is 9.95. The molecule has 7 heteroatoms. The summed E-state index contributed by atoms with van der Waals surface area (Å²) in [7, 11) is 0. The van der Waals surface area contributed by atoms with E-state index in [4.69, 9.17) is 0 Å². The summed E-state index contributed by atoms with van der Waals surface area (Å²) in [5.41, 5.74) is -0.750. The molecule has 1 N–H and O–H groups in total. The van der Waals surface area contributed by atoms with E-state index in [2.05, 4.69) is 5.32 Å². The summed E-state index contributed by atoms with van der Waals surface area (Å²) in [5, 5.41) is 12.9. The van der Waals surface area contributed by atoms with Crippen molar-refractivity contribution >= 4 is 23.6 Å². The van der Waals surface area contributed by atoms with Gasteiger partial charge in [0.05, 0.1) is 21.7 Å². The first-order valence-corrected chi connectivity index (χ1v) is 5.75. The van der Waals surface area contributed by atoms with Crippen LogP contribution in [0.4, 0.5) is 15.8 Å². The molecule has 0 saturated heterocycles. The number of carbonyl (C=O) groups excluding carboxylic acids is 2. The molecule has 1 amide bonds. The van der Waals surface area contributed by atoms with Gasteiger partial charge in [0.25, 0.3) is 5.69 Å². The molecule has 1 radical (unpaired) electrons. The van der Waals surface area contributed by atoms with E-state index in [1.54, 1.807) is 0 Å². The molecule has 0 aromatic heterocycles. The second-order valence-corrected chi connectivity index (χ2v) is 4.02. The zero-order valence-electron chi connectivity index (χ0n) is 10.5. The van der Waals surface area contributed by atoms with Crippen LogP contribution in [0.15, 0.2) is 42.5 Å².